The fourth-order valence-electron chi connectivity index (χ4n) is 1.29. The van der Waals surface area contributed by atoms with E-state index in [9.17, 15) is 19.5 Å². The summed E-state index contributed by atoms with van der Waals surface area (Å²) in [5, 5.41) is 17.7. The molecule has 3 atom stereocenters. The summed E-state index contributed by atoms with van der Waals surface area (Å²) in [5.41, 5.74) is 0.258. The van der Waals surface area contributed by atoms with Crippen molar-refractivity contribution in [2.45, 2.75) is 53.6 Å². The summed E-state index contributed by atoms with van der Waals surface area (Å²) in [6.07, 6.45) is 0.454. The summed E-state index contributed by atoms with van der Waals surface area (Å²) in [7, 11) is 0. The quantitative estimate of drug-likeness (QED) is 0.310. The van der Waals surface area contributed by atoms with E-state index in [1.807, 2.05) is 13.8 Å². The molecule has 0 radical (unpaired) electrons. The van der Waals surface area contributed by atoms with Crippen LogP contribution in [0.15, 0.2) is 12.2 Å². The molecule has 158 valence electrons. The second kappa shape index (κ2) is 16.3. The van der Waals surface area contributed by atoms with Crippen molar-refractivity contribution in [3.63, 3.8) is 0 Å². The predicted molar refractivity (Wildman–Crippen MR) is 99.7 cm³/mol. The molecule has 0 aliphatic rings. The molecule has 0 spiro atoms. The molecule has 0 aromatic carbocycles. The number of aliphatic hydroxyl groups is 2. The van der Waals surface area contributed by atoms with Crippen molar-refractivity contribution in [1.82, 2.24) is 0 Å². The number of hydrogen-bond acceptors (Lipinski definition) is 8. The molecule has 0 aromatic heterocycles. The van der Waals surface area contributed by atoms with Gasteiger partial charge in [-0.15, -0.1) is 0 Å². The van der Waals surface area contributed by atoms with Gasteiger partial charge in [-0.05, 0) is 19.8 Å². The van der Waals surface area contributed by atoms with Crippen molar-refractivity contribution in [2.75, 3.05) is 26.4 Å². The van der Waals surface area contributed by atoms with E-state index in [1.165, 1.54) is 6.92 Å². The van der Waals surface area contributed by atoms with Gasteiger partial charge < -0.3 is 24.4 Å². The molecular formula is C19H34O8. The Labute approximate surface area is 161 Å². The van der Waals surface area contributed by atoms with Gasteiger partial charge in [-0.2, -0.15) is 0 Å². The average molecular weight is 390 g/mol. The van der Waals surface area contributed by atoms with Crippen molar-refractivity contribution in [1.29, 1.82) is 0 Å². The van der Waals surface area contributed by atoms with E-state index in [1.54, 1.807) is 13.8 Å². The van der Waals surface area contributed by atoms with Gasteiger partial charge in [0, 0.05) is 5.57 Å². The van der Waals surface area contributed by atoms with E-state index in [0.29, 0.717) is 6.42 Å². The van der Waals surface area contributed by atoms with Crippen LogP contribution in [0, 0.1) is 11.8 Å². The number of carbonyl (C=O) groups is 3. The monoisotopic (exact) mass is 390 g/mol. The van der Waals surface area contributed by atoms with Crippen molar-refractivity contribution in [3.05, 3.63) is 12.2 Å². The smallest absolute Gasteiger partial charge is 0.333 e. The third-order valence-electron chi connectivity index (χ3n) is 3.54. The highest BCUT2D eigenvalue weighted by molar-refractivity contribution is 5.86. The van der Waals surface area contributed by atoms with Crippen LogP contribution in [0.2, 0.25) is 0 Å². The Bertz CT molecular complexity index is 461. The molecular weight excluding hydrogens is 356 g/mol. The summed E-state index contributed by atoms with van der Waals surface area (Å²) in [6.45, 7) is 11.9. The second-order valence-electron chi connectivity index (χ2n) is 6.17. The van der Waals surface area contributed by atoms with Crippen LogP contribution in [0.4, 0.5) is 0 Å². The van der Waals surface area contributed by atoms with Gasteiger partial charge in [0.05, 0.1) is 18.4 Å². The number of carbonyl (C=O) groups excluding carboxylic acids is 3. The average Bonchev–Trinajstić information content (AvgIpc) is 2.66. The Morgan fingerprint density at radius 2 is 1.37 bits per heavy atom. The molecule has 0 amide bonds. The van der Waals surface area contributed by atoms with Crippen LogP contribution in [0.5, 0.6) is 0 Å². The van der Waals surface area contributed by atoms with Gasteiger partial charge in [-0.25, -0.2) is 4.79 Å². The van der Waals surface area contributed by atoms with Crippen LogP contribution in [0.25, 0.3) is 0 Å². The molecule has 0 aliphatic heterocycles. The first kappa shape index (κ1) is 27.3. The lowest BCUT2D eigenvalue weighted by atomic mass is 10.1. The van der Waals surface area contributed by atoms with Crippen LogP contribution in [-0.2, 0) is 28.6 Å². The summed E-state index contributed by atoms with van der Waals surface area (Å²) >= 11 is 0. The molecule has 3 unspecified atom stereocenters. The van der Waals surface area contributed by atoms with Crippen LogP contribution < -0.4 is 0 Å². The zero-order chi connectivity index (χ0) is 21.4. The first-order chi connectivity index (χ1) is 12.6. The molecule has 0 rings (SSSR count). The Balaban J connectivity index is 0. The molecule has 2 N–H and O–H groups in total. The maximum absolute atomic E-state index is 11.3. The van der Waals surface area contributed by atoms with Crippen LogP contribution in [-0.4, -0.2) is 60.7 Å². The number of ether oxygens (including phenoxy) is 3. The van der Waals surface area contributed by atoms with Crippen molar-refractivity contribution in [3.8, 4) is 0 Å². The molecule has 8 nitrogen and oxygen atoms in total. The van der Waals surface area contributed by atoms with Crippen molar-refractivity contribution < 1.29 is 38.8 Å². The van der Waals surface area contributed by atoms with E-state index in [0.717, 1.165) is 6.42 Å². The van der Waals surface area contributed by atoms with Crippen molar-refractivity contribution in [2.24, 2.45) is 11.8 Å². The molecule has 0 heterocycles. The summed E-state index contributed by atoms with van der Waals surface area (Å²) < 4.78 is 14.2. The first-order valence-corrected chi connectivity index (χ1v) is 9.05. The Kier molecular flexibility index (Phi) is 16.4. The fraction of sp³-hybridized carbons (Fsp3) is 0.737. The summed E-state index contributed by atoms with van der Waals surface area (Å²) in [6, 6.07) is 0. The Morgan fingerprint density at radius 1 is 0.926 bits per heavy atom. The van der Waals surface area contributed by atoms with Crippen LogP contribution >= 0.6 is 0 Å². The lowest BCUT2D eigenvalue weighted by Crippen LogP contribution is -2.27. The molecule has 0 aliphatic carbocycles. The normalized spacial score (nSPS) is 13.3. The van der Waals surface area contributed by atoms with E-state index in [-0.39, 0.29) is 55.8 Å². The largest absolute Gasteiger partial charge is 0.463 e. The zero-order valence-corrected chi connectivity index (χ0v) is 17.0. The highest BCUT2D eigenvalue weighted by Gasteiger charge is 2.15. The minimum absolute atomic E-state index is 0.0495. The molecule has 8 heteroatoms. The molecule has 0 saturated carbocycles. The molecule has 0 aromatic rings. The summed E-state index contributed by atoms with van der Waals surface area (Å²) in [5.74, 6) is -1.40. The van der Waals surface area contributed by atoms with Gasteiger partial charge in [0.2, 0.25) is 0 Å². The van der Waals surface area contributed by atoms with Crippen LogP contribution in [0.1, 0.15) is 47.5 Å². The number of esters is 3. The highest BCUT2D eigenvalue weighted by atomic mass is 16.6. The van der Waals surface area contributed by atoms with Gasteiger partial charge in [0.25, 0.3) is 0 Å². The lowest BCUT2D eigenvalue weighted by molar-refractivity contribution is -0.154. The molecule has 0 bridgehead atoms. The van der Waals surface area contributed by atoms with E-state index in [4.69, 9.17) is 14.6 Å². The maximum atomic E-state index is 11.3. The predicted octanol–water partition coefficient (Wildman–Crippen LogP) is 1.62. The van der Waals surface area contributed by atoms with Gasteiger partial charge in [0.15, 0.2) is 0 Å². The number of hydrogen-bond donors (Lipinski definition) is 2. The zero-order valence-electron chi connectivity index (χ0n) is 17.0. The molecule has 0 saturated heterocycles. The van der Waals surface area contributed by atoms with Crippen molar-refractivity contribution >= 4 is 17.9 Å². The minimum Gasteiger partial charge on any atom is -0.463 e. The third-order valence-corrected chi connectivity index (χ3v) is 3.54. The maximum Gasteiger partial charge on any atom is 0.333 e. The first-order valence-electron chi connectivity index (χ1n) is 9.05. The topological polar surface area (TPSA) is 119 Å². The molecule has 27 heavy (non-hydrogen) atoms. The van der Waals surface area contributed by atoms with Gasteiger partial charge in [-0.1, -0.05) is 34.3 Å². The van der Waals surface area contributed by atoms with Gasteiger partial charge in [0.1, 0.15) is 25.9 Å². The SMILES string of the molecule is C=C(C)C(=O)OCC(O)COC(=O)C(C)CC.CCC(C)C(=O)OCCO. The van der Waals surface area contributed by atoms with Crippen LogP contribution in [0.3, 0.4) is 0 Å². The Hall–Kier alpha value is -1.93. The minimum atomic E-state index is -1.01. The number of rotatable bonds is 11. The molecule has 0 fully saturated rings. The van der Waals surface area contributed by atoms with E-state index >= 15 is 0 Å². The Morgan fingerprint density at radius 3 is 1.78 bits per heavy atom. The highest BCUT2D eigenvalue weighted by Crippen LogP contribution is 2.04. The van der Waals surface area contributed by atoms with Gasteiger partial charge in [-0.3, -0.25) is 9.59 Å². The summed E-state index contributed by atoms with van der Waals surface area (Å²) in [4.78, 5) is 33.1. The fourth-order valence-corrected chi connectivity index (χ4v) is 1.29. The third kappa shape index (κ3) is 14.9. The van der Waals surface area contributed by atoms with E-state index < -0.39 is 12.1 Å². The van der Waals surface area contributed by atoms with Gasteiger partial charge >= 0.3 is 17.9 Å². The standard InChI is InChI=1S/C12H20O5.C7H14O3/c1-5-9(4)12(15)17-7-10(13)6-16-11(14)8(2)3;1-3-6(2)7(9)10-5-4-8/h9-10,13H,2,5-7H2,1,3-4H3;6,8H,3-5H2,1-2H3. The lowest BCUT2D eigenvalue weighted by Gasteiger charge is -2.13. The number of aliphatic hydroxyl groups excluding tert-OH is 2. The van der Waals surface area contributed by atoms with E-state index in [2.05, 4.69) is 11.3 Å². The second-order valence-corrected chi connectivity index (χ2v) is 6.17.